The molecule has 0 bridgehead atoms. The Morgan fingerprint density at radius 2 is 1.67 bits per heavy atom. The normalized spacial score (nSPS) is 10.4. The summed E-state index contributed by atoms with van der Waals surface area (Å²) in [6.45, 7) is 9.52. The number of nitrogens with one attached hydrogen (secondary N) is 1. The first-order valence-corrected chi connectivity index (χ1v) is 6.44. The second-order valence-electron chi connectivity index (χ2n) is 5.03. The van der Waals surface area contributed by atoms with Crippen LogP contribution in [-0.2, 0) is 6.54 Å². The minimum Gasteiger partial charge on any atom is -0.381 e. The molecule has 0 saturated carbocycles. The predicted octanol–water partition coefficient (Wildman–Crippen LogP) is 4.53. The van der Waals surface area contributed by atoms with Crippen molar-refractivity contribution in [3.63, 3.8) is 0 Å². The number of anilines is 1. The van der Waals surface area contributed by atoms with Gasteiger partial charge in [0.15, 0.2) is 0 Å². The molecule has 1 heteroatoms. The lowest BCUT2D eigenvalue weighted by Gasteiger charge is -2.13. The van der Waals surface area contributed by atoms with Gasteiger partial charge in [-0.3, -0.25) is 0 Å². The molecule has 0 atom stereocenters. The first-order valence-electron chi connectivity index (χ1n) is 6.44. The fourth-order valence-corrected chi connectivity index (χ4v) is 2.21. The van der Waals surface area contributed by atoms with Crippen molar-refractivity contribution in [2.75, 3.05) is 5.32 Å². The molecule has 94 valence electrons. The van der Waals surface area contributed by atoms with Gasteiger partial charge in [0.2, 0.25) is 0 Å². The molecule has 0 saturated heterocycles. The van der Waals surface area contributed by atoms with Gasteiger partial charge in [0.05, 0.1) is 0 Å². The fraction of sp³-hybridized carbons (Fsp3) is 0.294. The van der Waals surface area contributed by atoms with Crippen LogP contribution in [0.3, 0.4) is 0 Å². The maximum Gasteiger partial charge on any atom is 0.0403 e. The Morgan fingerprint density at radius 3 is 2.39 bits per heavy atom. The van der Waals surface area contributed by atoms with E-state index in [0.29, 0.717) is 0 Å². The zero-order chi connectivity index (χ0) is 13.1. The van der Waals surface area contributed by atoms with Crippen LogP contribution in [0.4, 0.5) is 5.69 Å². The van der Waals surface area contributed by atoms with E-state index in [1.807, 2.05) is 0 Å². The minimum absolute atomic E-state index is 0.886. The molecule has 0 amide bonds. The van der Waals surface area contributed by atoms with Crippen LogP contribution < -0.4 is 5.32 Å². The second-order valence-corrected chi connectivity index (χ2v) is 5.03. The molecular weight excluding hydrogens is 218 g/mol. The summed E-state index contributed by atoms with van der Waals surface area (Å²) in [5.74, 6) is 0. The van der Waals surface area contributed by atoms with Crippen molar-refractivity contribution in [1.29, 1.82) is 0 Å². The third kappa shape index (κ3) is 2.73. The Kier molecular flexibility index (Phi) is 3.71. The van der Waals surface area contributed by atoms with E-state index in [4.69, 9.17) is 0 Å². The van der Waals surface area contributed by atoms with Gasteiger partial charge in [-0.25, -0.2) is 0 Å². The summed E-state index contributed by atoms with van der Waals surface area (Å²) in [5.41, 5.74) is 7.95. The molecule has 0 fully saturated rings. The molecule has 1 nitrogen and oxygen atoms in total. The highest BCUT2D eigenvalue weighted by Crippen LogP contribution is 2.19. The molecule has 0 aliphatic rings. The molecule has 18 heavy (non-hydrogen) atoms. The summed E-state index contributed by atoms with van der Waals surface area (Å²) in [6, 6.07) is 13.0. The highest BCUT2D eigenvalue weighted by molar-refractivity contribution is 5.52. The van der Waals surface area contributed by atoms with Gasteiger partial charge < -0.3 is 5.32 Å². The zero-order valence-electron chi connectivity index (χ0n) is 11.7. The van der Waals surface area contributed by atoms with Crippen LogP contribution in [0.15, 0.2) is 36.4 Å². The SMILES string of the molecule is Cc1ccc(NCc2cccc(C)c2C)c(C)c1. The van der Waals surface area contributed by atoms with Crippen LogP contribution >= 0.6 is 0 Å². The summed E-state index contributed by atoms with van der Waals surface area (Å²) < 4.78 is 0. The molecule has 0 aliphatic carbocycles. The van der Waals surface area contributed by atoms with E-state index in [0.717, 1.165) is 6.54 Å². The summed E-state index contributed by atoms with van der Waals surface area (Å²) in [4.78, 5) is 0. The van der Waals surface area contributed by atoms with Gasteiger partial charge >= 0.3 is 0 Å². The van der Waals surface area contributed by atoms with Crippen LogP contribution in [0.25, 0.3) is 0 Å². The van der Waals surface area contributed by atoms with Crippen LogP contribution in [0.2, 0.25) is 0 Å². The molecule has 2 rings (SSSR count). The van der Waals surface area contributed by atoms with E-state index in [1.54, 1.807) is 0 Å². The van der Waals surface area contributed by atoms with E-state index in [1.165, 1.54) is 33.5 Å². The van der Waals surface area contributed by atoms with E-state index in [9.17, 15) is 0 Å². The lowest BCUT2D eigenvalue weighted by Crippen LogP contribution is -2.03. The highest BCUT2D eigenvalue weighted by atomic mass is 14.9. The molecular formula is C17H21N. The number of benzene rings is 2. The quantitative estimate of drug-likeness (QED) is 0.829. The monoisotopic (exact) mass is 239 g/mol. The topological polar surface area (TPSA) is 12.0 Å². The third-order valence-corrected chi connectivity index (χ3v) is 3.57. The minimum atomic E-state index is 0.886. The van der Waals surface area contributed by atoms with Crippen molar-refractivity contribution >= 4 is 5.69 Å². The van der Waals surface area contributed by atoms with Crippen LogP contribution in [0, 0.1) is 27.7 Å². The van der Waals surface area contributed by atoms with Gasteiger partial charge in [-0.1, -0.05) is 35.9 Å². The Balaban J connectivity index is 2.14. The second kappa shape index (κ2) is 5.26. The standard InChI is InChI=1S/C17H21N/c1-12-8-9-17(14(3)10-12)18-11-16-7-5-6-13(2)15(16)4/h5-10,18H,11H2,1-4H3. The summed E-state index contributed by atoms with van der Waals surface area (Å²) in [5, 5.41) is 3.52. The Hall–Kier alpha value is -1.76. The van der Waals surface area contributed by atoms with Gasteiger partial charge in [0.1, 0.15) is 0 Å². The Labute approximate surface area is 110 Å². The number of hydrogen-bond acceptors (Lipinski definition) is 1. The van der Waals surface area contributed by atoms with Crippen molar-refractivity contribution in [3.8, 4) is 0 Å². The fourth-order valence-electron chi connectivity index (χ4n) is 2.21. The Bertz CT molecular complexity index is 556. The molecule has 0 spiro atoms. The van der Waals surface area contributed by atoms with Gasteiger partial charge in [-0.05, 0) is 56.0 Å². The van der Waals surface area contributed by atoms with Crippen molar-refractivity contribution in [3.05, 3.63) is 64.2 Å². The largest absolute Gasteiger partial charge is 0.381 e. The van der Waals surface area contributed by atoms with Crippen molar-refractivity contribution < 1.29 is 0 Å². The molecule has 0 unspecified atom stereocenters. The van der Waals surface area contributed by atoms with E-state index in [-0.39, 0.29) is 0 Å². The molecule has 2 aromatic carbocycles. The molecule has 0 radical (unpaired) electrons. The maximum atomic E-state index is 3.52. The third-order valence-electron chi connectivity index (χ3n) is 3.57. The first-order chi connectivity index (χ1) is 8.58. The maximum absolute atomic E-state index is 3.52. The molecule has 0 aromatic heterocycles. The van der Waals surface area contributed by atoms with E-state index >= 15 is 0 Å². The molecule has 1 N–H and O–H groups in total. The highest BCUT2D eigenvalue weighted by Gasteiger charge is 2.02. The lowest BCUT2D eigenvalue weighted by molar-refractivity contribution is 1.10. The summed E-state index contributed by atoms with van der Waals surface area (Å²) in [6.07, 6.45) is 0. The number of rotatable bonds is 3. The summed E-state index contributed by atoms with van der Waals surface area (Å²) >= 11 is 0. The van der Waals surface area contributed by atoms with Crippen molar-refractivity contribution in [1.82, 2.24) is 0 Å². The number of aryl methyl sites for hydroxylation is 3. The van der Waals surface area contributed by atoms with Gasteiger partial charge in [0.25, 0.3) is 0 Å². The van der Waals surface area contributed by atoms with Crippen molar-refractivity contribution in [2.45, 2.75) is 34.2 Å². The molecule has 0 heterocycles. The predicted molar refractivity (Wildman–Crippen MR) is 79.2 cm³/mol. The average molecular weight is 239 g/mol. The summed E-state index contributed by atoms with van der Waals surface area (Å²) in [7, 11) is 0. The van der Waals surface area contributed by atoms with Crippen LogP contribution in [0.1, 0.15) is 27.8 Å². The molecule has 0 aliphatic heterocycles. The zero-order valence-corrected chi connectivity index (χ0v) is 11.7. The van der Waals surface area contributed by atoms with Crippen LogP contribution in [-0.4, -0.2) is 0 Å². The lowest BCUT2D eigenvalue weighted by atomic mass is 10.0. The molecule has 2 aromatic rings. The smallest absolute Gasteiger partial charge is 0.0403 e. The number of hydrogen-bond donors (Lipinski definition) is 1. The van der Waals surface area contributed by atoms with Gasteiger partial charge in [-0.2, -0.15) is 0 Å². The average Bonchev–Trinajstić information content (AvgIpc) is 2.33. The van der Waals surface area contributed by atoms with E-state index < -0.39 is 0 Å². The van der Waals surface area contributed by atoms with Crippen molar-refractivity contribution in [2.24, 2.45) is 0 Å². The Morgan fingerprint density at radius 1 is 0.889 bits per heavy atom. The van der Waals surface area contributed by atoms with Crippen LogP contribution in [0.5, 0.6) is 0 Å². The van der Waals surface area contributed by atoms with Gasteiger partial charge in [0, 0.05) is 12.2 Å². The first kappa shape index (κ1) is 12.7. The van der Waals surface area contributed by atoms with E-state index in [2.05, 4.69) is 69.4 Å². The van der Waals surface area contributed by atoms with Gasteiger partial charge in [-0.15, -0.1) is 0 Å².